The maximum absolute atomic E-state index is 5.84. The van der Waals surface area contributed by atoms with Crippen LogP contribution in [-0.4, -0.2) is 35.1 Å². The summed E-state index contributed by atoms with van der Waals surface area (Å²) < 4.78 is 11.3. The van der Waals surface area contributed by atoms with Gasteiger partial charge in [-0.15, -0.1) is 0 Å². The predicted molar refractivity (Wildman–Crippen MR) is 98.0 cm³/mol. The highest BCUT2D eigenvalue weighted by molar-refractivity contribution is 5.46. The number of hydrogen-bond acceptors (Lipinski definition) is 5. The molecule has 3 rings (SSSR count). The molecule has 5 nitrogen and oxygen atoms in total. The van der Waals surface area contributed by atoms with Gasteiger partial charge in [0.1, 0.15) is 5.82 Å². The quantitative estimate of drug-likeness (QED) is 0.772. The van der Waals surface area contributed by atoms with E-state index in [-0.39, 0.29) is 0 Å². The van der Waals surface area contributed by atoms with E-state index in [0.29, 0.717) is 6.61 Å². The first-order valence-electron chi connectivity index (χ1n) is 9.09. The number of benzene rings is 1. The zero-order valence-corrected chi connectivity index (χ0v) is 15.4. The van der Waals surface area contributed by atoms with E-state index in [9.17, 15) is 0 Å². The Labute approximate surface area is 150 Å². The Morgan fingerprint density at radius 1 is 1.24 bits per heavy atom. The molecule has 0 unspecified atom stereocenters. The maximum atomic E-state index is 5.84. The number of aromatic nitrogens is 2. The molecule has 0 N–H and O–H groups in total. The van der Waals surface area contributed by atoms with Crippen molar-refractivity contribution in [2.75, 3.05) is 20.3 Å². The van der Waals surface area contributed by atoms with Crippen LogP contribution >= 0.6 is 0 Å². The average molecular weight is 341 g/mol. The standard InChI is InChI=1S/C20H27N3O2/c1-4-7-19-21-12-16-14-23(11-10-17(16)22-19)13-15-8-6-9-18(24-3)20(15)25-5-2/h6,8-9,12H,4-5,7,10-11,13-14H2,1-3H3. The van der Waals surface area contributed by atoms with Crippen molar-refractivity contribution in [3.8, 4) is 11.5 Å². The van der Waals surface area contributed by atoms with Crippen LogP contribution in [0.4, 0.5) is 0 Å². The minimum atomic E-state index is 0.629. The highest BCUT2D eigenvalue weighted by Gasteiger charge is 2.20. The van der Waals surface area contributed by atoms with E-state index >= 15 is 0 Å². The second kappa shape index (κ2) is 8.30. The summed E-state index contributed by atoms with van der Waals surface area (Å²) in [4.78, 5) is 11.7. The highest BCUT2D eigenvalue weighted by Crippen LogP contribution is 2.32. The van der Waals surface area contributed by atoms with Crippen LogP contribution in [0.25, 0.3) is 0 Å². The summed E-state index contributed by atoms with van der Waals surface area (Å²) in [6.45, 7) is 7.50. The third kappa shape index (κ3) is 4.10. The van der Waals surface area contributed by atoms with Gasteiger partial charge in [-0.1, -0.05) is 19.1 Å². The second-order valence-corrected chi connectivity index (χ2v) is 6.35. The number of ether oxygens (including phenoxy) is 2. The molecule has 2 heterocycles. The molecule has 0 radical (unpaired) electrons. The van der Waals surface area contributed by atoms with E-state index in [4.69, 9.17) is 14.5 Å². The number of aryl methyl sites for hydroxylation is 1. The van der Waals surface area contributed by atoms with Crippen LogP contribution in [0.2, 0.25) is 0 Å². The summed E-state index contributed by atoms with van der Waals surface area (Å²) in [5.41, 5.74) is 3.62. The zero-order chi connectivity index (χ0) is 17.6. The Bertz CT molecular complexity index is 718. The number of fused-ring (bicyclic) bond motifs is 1. The fraction of sp³-hybridized carbons (Fsp3) is 0.500. The number of hydrogen-bond donors (Lipinski definition) is 0. The minimum Gasteiger partial charge on any atom is -0.493 e. The lowest BCUT2D eigenvalue weighted by Crippen LogP contribution is -2.31. The van der Waals surface area contributed by atoms with Crippen LogP contribution in [-0.2, 0) is 25.9 Å². The van der Waals surface area contributed by atoms with Crippen molar-refractivity contribution < 1.29 is 9.47 Å². The number of nitrogens with zero attached hydrogens (tertiary/aromatic N) is 3. The van der Waals surface area contributed by atoms with Gasteiger partial charge in [0, 0.05) is 55.5 Å². The number of methoxy groups -OCH3 is 1. The van der Waals surface area contributed by atoms with Crippen LogP contribution in [0.3, 0.4) is 0 Å². The van der Waals surface area contributed by atoms with E-state index in [2.05, 4.69) is 22.9 Å². The first-order valence-corrected chi connectivity index (χ1v) is 9.09. The van der Waals surface area contributed by atoms with Gasteiger partial charge in [0.2, 0.25) is 0 Å². The molecule has 0 bridgehead atoms. The first kappa shape index (κ1) is 17.7. The summed E-state index contributed by atoms with van der Waals surface area (Å²) in [7, 11) is 1.68. The molecule has 0 saturated heterocycles. The van der Waals surface area contributed by atoms with Crippen LogP contribution < -0.4 is 9.47 Å². The Kier molecular flexibility index (Phi) is 5.87. The van der Waals surface area contributed by atoms with Gasteiger partial charge in [-0.3, -0.25) is 4.90 Å². The molecule has 5 heteroatoms. The monoisotopic (exact) mass is 341 g/mol. The molecule has 0 aliphatic carbocycles. The fourth-order valence-corrected chi connectivity index (χ4v) is 3.29. The molecule has 0 saturated carbocycles. The second-order valence-electron chi connectivity index (χ2n) is 6.35. The third-order valence-electron chi connectivity index (χ3n) is 4.50. The molecule has 1 aliphatic rings. The van der Waals surface area contributed by atoms with Gasteiger partial charge >= 0.3 is 0 Å². The molecule has 25 heavy (non-hydrogen) atoms. The molecule has 1 aromatic heterocycles. The Morgan fingerprint density at radius 2 is 2.12 bits per heavy atom. The van der Waals surface area contributed by atoms with Crippen molar-refractivity contribution in [3.05, 3.63) is 47.0 Å². The summed E-state index contributed by atoms with van der Waals surface area (Å²) in [5, 5.41) is 0. The minimum absolute atomic E-state index is 0.629. The molecular weight excluding hydrogens is 314 g/mol. The molecule has 0 fully saturated rings. The molecule has 1 aliphatic heterocycles. The van der Waals surface area contributed by atoms with Gasteiger partial charge in [0.05, 0.1) is 13.7 Å². The topological polar surface area (TPSA) is 47.5 Å². The molecule has 1 aromatic carbocycles. The Morgan fingerprint density at radius 3 is 2.88 bits per heavy atom. The van der Waals surface area contributed by atoms with Gasteiger partial charge < -0.3 is 9.47 Å². The lowest BCUT2D eigenvalue weighted by atomic mass is 10.1. The predicted octanol–water partition coefficient (Wildman–Crippen LogP) is 3.39. The lowest BCUT2D eigenvalue weighted by Gasteiger charge is -2.29. The highest BCUT2D eigenvalue weighted by atomic mass is 16.5. The van der Waals surface area contributed by atoms with E-state index in [1.165, 1.54) is 11.3 Å². The van der Waals surface area contributed by atoms with Crippen molar-refractivity contribution in [3.63, 3.8) is 0 Å². The molecule has 0 atom stereocenters. The van der Waals surface area contributed by atoms with Gasteiger partial charge in [-0.25, -0.2) is 9.97 Å². The average Bonchev–Trinajstić information content (AvgIpc) is 2.63. The van der Waals surface area contributed by atoms with E-state index in [1.807, 2.05) is 25.3 Å². The van der Waals surface area contributed by atoms with Gasteiger partial charge in [0.25, 0.3) is 0 Å². The largest absolute Gasteiger partial charge is 0.493 e. The summed E-state index contributed by atoms with van der Waals surface area (Å²) in [6, 6.07) is 6.09. The lowest BCUT2D eigenvalue weighted by molar-refractivity contribution is 0.234. The summed E-state index contributed by atoms with van der Waals surface area (Å²) in [5.74, 6) is 2.62. The molecule has 0 spiro atoms. The van der Waals surface area contributed by atoms with Crippen LogP contribution in [0.1, 0.15) is 42.9 Å². The van der Waals surface area contributed by atoms with Gasteiger partial charge in [-0.2, -0.15) is 0 Å². The van der Waals surface area contributed by atoms with E-state index < -0.39 is 0 Å². The molecule has 2 aromatic rings. The normalized spacial score (nSPS) is 14.2. The Hall–Kier alpha value is -2.14. The van der Waals surface area contributed by atoms with Crippen molar-refractivity contribution in [2.45, 2.75) is 46.2 Å². The third-order valence-corrected chi connectivity index (χ3v) is 4.50. The first-order chi connectivity index (χ1) is 12.2. The van der Waals surface area contributed by atoms with Gasteiger partial charge in [0.15, 0.2) is 11.5 Å². The zero-order valence-electron chi connectivity index (χ0n) is 15.4. The summed E-state index contributed by atoms with van der Waals surface area (Å²) in [6.07, 6.45) is 5.02. The van der Waals surface area contributed by atoms with E-state index in [0.717, 1.165) is 61.8 Å². The number of rotatable bonds is 7. The van der Waals surface area contributed by atoms with Crippen molar-refractivity contribution in [1.29, 1.82) is 0 Å². The van der Waals surface area contributed by atoms with Crippen molar-refractivity contribution >= 4 is 0 Å². The molecular formula is C20H27N3O2. The molecule has 134 valence electrons. The van der Waals surface area contributed by atoms with Crippen LogP contribution in [0, 0.1) is 0 Å². The van der Waals surface area contributed by atoms with Gasteiger partial charge in [-0.05, 0) is 19.4 Å². The number of para-hydroxylation sites is 1. The smallest absolute Gasteiger partial charge is 0.165 e. The fourth-order valence-electron chi connectivity index (χ4n) is 3.29. The van der Waals surface area contributed by atoms with Crippen LogP contribution in [0.5, 0.6) is 11.5 Å². The van der Waals surface area contributed by atoms with Crippen molar-refractivity contribution in [1.82, 2.24) is 14.9 Å². The maximum Gasteiger partial charge on any atom is 0.165 e. The van der Waals surface area contributed by atoms with Crippen molar-refractivity contribution in [2.24, 2.45) is 0 Å². The SMILES string of the molecule is CCCc1ncc2c(n1)CCN(Cc1cccc(OC)c1OCC)C2. The summed E-state index contributed by atoms with van der Waals surface area (Å²) >= 11 is 0. The van der Waals surface area contributed by atoms with Crippen LogP contribution in [0.15, 0.2) is 24.4 Å². The molecule has 0 amide bonds. The van der Waals surface area contributed by atoms with E-state index in [1.54, 1.807) is 7.11 Å². The Balaban J connectivity index is 1.75.